The van der Waals surface area contributed by atoms with E-state index in [0.717, 1.165) is 56.9 Å². The van der Waals surface area contributed by atoms with Crippen LogP contribution in [0.5, 0.6) is 11.5 Å². The molecule has 1 fully saturated rings. The lowest BCUT2D eigenvalue weighted by atomic mass is 10.0. The topological polar surface area (TPSA) is 67.4 Å². The smallest absolute Gasteiger partial charge is 0.191 e. The summed E-state index contributed by atoms with van der Waals surface area (Å²) in [6.45, 7) is 12.8. The first-order valence-corrected chi connectivity index (χ1v) is 9.67. The predicted octanol–water partition coefficient (Wildman–Crippen LogP) is 2.36. The lowest BCUT2D eigenvalue weighted by Crippen LogP contribution is -2.52. The van der Waals surface area contributed by atoms with Gasteiger partial charge in [0.1, 0.15) is 18.1 Å². The third-order valence-electron chi connectivity index (χ3n) is 4.56. The maximum absolute atomic E-state index is 5.75. The molecule has 1 aromatic carbocycles. The van der Waals surface area contributed by atoms with Gasteiger partial charge < -0.3 is 24.8 Å². The van der Waals surface area contributed by atoms with E-state index in [4.69, 9.17) is 19.2 Å². The van der Waals surface area contributed by atoms with Gasteiger partial charge in [-0.3, -0.25) is 9.89 Å². The van der Waals surface area contributed by atoms with E-state index < -0.39 is 0 Å². The Balaban J connectivity index is 0.00000392. The van der Waals surface area contributed by atoms with Crippen molar-refractivity contribution >= 4 is 29.9 Å². The first-order valence-electron chi connectivity index (χ1n) is 9.67. The maximum Gasteiger partial charge on any atom is 0.191 e. The van der Waals surface area contributed by atoms with Gasteiger partial charge in [0.25, 0.3) is 0 Å². The number of rotatable bonds is 9. The Hall–Kier alpha value is -1.26. The van der Waals surface area contributed by atoms with Crippen molar-refractivity contribution in [2.24, 2.45) is 4.99 Å². The molecular formula is C20H35IN4O3. The van der Waals surface area contributed by atoms with Crippen molar-refractivity contribution in [3.63, 3.8) is 0 Å². The first kappa shape index (κ1) is 24.8. The van der Waals surface area contributed by atoms with E-state index in [0.29, 0.717) is 13.2 Å². The molecule has 1 aliphatic rings. The van der Waals surface area contributed by atoms with Crippen molar-refractivity contribution < 1.29 is 14.2 Å². The van der Waals surface area contributed by atoms with E-state index >= 15 is 0 Å². The Morgan fingerprint density at radius 2 is 1.79 bits per heavy atom. The Labute approximate surface area is 186 Å². The van der Waals surface area contributed by atoms with Gasteiger partial charge in [-0.1, -0.05) is 0 Å². The van der Waals surface area contributed by atoms with E-state index in [1.165, 1.54) is 0 Å². The van der Waals surface area contributed by atoms with Crippen LogP contribution in [-0.2, 0) is 4.74 Å². The molecule has 8 heteroatoms. The molecular weight excluding hydrogens is 471 g/mol. The van der Waals surface area contributed by atoms with Gasteiger partial charge in [-0.15, -0.1) is 24.0 Å². The standard InChI is InChI=1S/C20H34N4O3.HI/c1-5-21-19(23-16-20(2,3)24-11-14-26-15-12-24)22-10-13-27-18-8-6-17(25-4)7-9-18;/h6-9H,5,10-16H2,1-4H3,(H2,21,22,23);1H. The van der Waals surface area contributed by atoms with Gasteiger partial charge in [-0.2, -0.15) is 0 Å². The SMILES string of the molecule is CCNC(=NCC(C)(C)N1CCOCC1)NCCOc1ccc(OC)cc1.I. The van der Waals surface area contributed by atoms with Crippen LogP contribution in [0.4, 0.5) is 0 Å². The summed E-state index contributed by atoms with van der Waals surface area (Å²) in [6, 6.07) is 7.59. The number of guanidine groups is 1. The molecule has 2 rings (SSSR count). The highest BCUT2D eigenvalue weighted by atomic mass is 127. The molecule has 0 spiro atoms. The molecule has 1 aromatic rings. The number of ether oxygens (including phenoxy) is 3. The molecule has 0 aliphatic carbocycles. The van der Waals surface area contributed by atoms with Gasteiger partial charge in [-0.25, -0.2) is 0 Å². The number of hydrogen-bond donors (Lipinski definition) is 2. The molecule has 160 valence electrons. The van der Waals surface area contributed by atoms with Crippen LogP contribution in [0.3, 0.4) is 0 Å². The number of halogens is 1. The monoisotopic (exact) mass is 506 g/mol. The maximum atomic E-state index is 5.75. The molecule has 1 heterocycles. The number of morpholine rings is 1. The van der Waals surface area contributed by atoms with Crippen LogP contribution < -0.4 is 20.1 Å². The van der Waals surface area contributed by atoms with E-state index in [9.17, 15) is 0 Å². The Kier molecular flexibility index (Phi) is 11.6. The summed E-state index contributed by atoms with van der Waals surface area (Å²) in [4.78, 5) is 7.21. The summed E-state index contributed by atoms with van der Waals surface area (Å²) < 4.78 is 16.4. The molecule has 0 saturated carbocycles. The average Bonchev–Trinajstić information content (AvgIpc) is 2.70. The van der Waals surface area contributed by atoms with Gasteiger partial charge >= 0.3 is 0 Å². The number of nitrogens with one attached hydrogen (secondary N) is 2. The lowest BCUT2D eigenvalue weighted by Gasteiger charge is -2.39. The molecule has 0 bridgehead atoms. The van der Waals surface area contributed by atoms with Gasteiger partial charge in [0, 0.05) is 25.2 Å². The second kappa shape index (κ2) is 13.1. The number of nitrogens with zero attached hydrogens (tertiary/aromatic N) is 2. The molecule has 0 radical (unpaired) electrons. The molecule has 2 N–H and O–H groups in total. The van der Waals surface area contributed by atoms with Crippen molar-refractivity contribution in [3.8, 4) is 11.5 Å². The zero-order valence-corrected chi connectivity index (χ0v) is 19.8. The molecule has 7 nitrogen and oxygen atoms in total. The molecule has 0 amide bonds. The van der Waals surface area contributed by atoms with Gasteiger partial charge in [0.05, 0.1) is 33.4 Å². The second-order valence-corrected chi connectivity index (χ2v) is 7.06. The molecule has 0 aromatic heterocycles. The van der Waals surface area contributed by atoms with Crippen LogP contribution in [0, 0.1) is 0 Å². The quantitative estimate of drug-likeness (QED) is 0.232. The summed E-state index contributed by atoms with van der Waals surface area (Å²) in [5, 5.41) is 6.63. The predicted molar refractivity (Wildman–Crippen MR) is 124 cm³/mol. The molecule has 0 unspecified atom stereocenters. The largest absolute Gasteiger partial charge is 0.497 e. The molecule has 1 aliphatic heterocycles. The van der Waals surface area contributed by atoms with Crippen molar-refractivity contribution in [3.05, 3.63) is 24.3 Å². The summed E-state index contributed by atoms with van der Waals surface area (Å²) in [6.07, 6.45) is 0. The van der Waals surface area contributed by atoms with Gasteiger partial charge in [-0.05, 0) is 45.0 Å². The fraction of sp³-hybridized carbons (Fsp3) is 0.650. The highest BCUT2D eigenvalue weighted by molar-refractivity contribution is 14.0. The second-order valence-electron chi connectivity index (χ2n) is 7.06. The van der Waals surface area contributed by atoms with Crippen LogP contribution in [0.15, 0.2) is 29.3 Å². The van der Waals surface area contributed by atoms with Gasteiger partial charge in [0.15, 0.2) is 5.96 Å². The van der Waals surface area contributed by atoms with Crippen LogP contribution in [0.1, 0.15) is 20.8 Å². The molecule has 1 saturated heterocycles. The molecule has 28 heavy (non-hydrogen) atoms. The summed E-state index contributed by atoms with van der Waals surface area (Å²) >= 11 is 0. The summed E-state index contributed by atoms with van der Waals surface area (Å²) in [5.41, 5.74) is 0.00568. The van der Waals surface area contributed by atoms with Crippen molar-refractivity contribution in [1.82, 2.24) is 15.5 Å². The first-order chi connectivity index (χ1) is 13.0. The van der Waals surface area contributed by atoms with E-state index in [-0.39, 0.29) is 29.5 Å². The lowest BCUT2D eigenvalue weighted by molar-refractivity contribution is -0.00683. The third-order valence-corrected chi connectivity index (χ3v) is 4.56. The van der Waals surface area contributed by atoms with E-state index in [1.54, 1.807) is 7.11 Å². The third kappa shape index (κ3) is 8.40. The van der Waals surface area contributed by atoms with E-state index in [2.05, 4.69) is 36.3 Å². The highest BCUT2D eigenvalue weighted by Crippen LogP contribution is 2.17. The number of benzene rings is 1. The number of hydrogen-bond acceptors (Lipinski definition) is 5. The zero-order chi connectivity index (χ0) is 19.5. The van der Waals surface area contributed by atoms with Crippen LogP contribution in [0.2, 0.25) is 0 Å². The average molecular weight is 506 g/mol. The van der Waals surface area contributed by atoms with E-state index in [1.807, 2.05) is 24.3 Å². The fourth-order valence-corrected chi connectivity index (χ4v) is 2.89. The van der Waals surface area contributed by atoms with Crippen LogP contribution in [-0.4, -0.2) is 76.1 Å². The minimum Gasteiger partial charge on any atom is -0.497 e. The Bertz CT molecular complexity index is 575. The highest BCUT2D eigenvalue weighted by Gasteiger charge is 2.28. The van der Waals surface area contributed by atoms with Crippen LogP contribution in [0.25, 0.3) is 0 Å². The van der Waals surface area contributed by atoms with Crippen molar-refractivity contribution in [2.45, 2.75) is 26.3 Å². The van der Waals surface area contributed by atoms with Crippen LogP contribution >= 0.6 is 24.0 Å². The fourth-order valence-electron chi connectivity index (χ4n) is 2.89. The Morgan fingerprint density at radius 1 is 1.14 bits per heavy atom. The summed E-state index contributed by atoms with van der Waals surface area (Å²) in [7, 11) is 1.65. The Morgan fingerprint density at radius 3 is 2.39 bits per heavy atom. The normalized spacial score (nSPS) is 15.5. The van der Waals surface area contributed by atoms with Crippen molar-refractivity contribution in [2.75, 3.05) is 59.7 Å². The zero-order valence-electron chi connectivity index (χ0n) is 17.5. The molecule has 0 atom stereocenters. The minimum absolute atomic E-state index is 0. The minimum atomic E-state index is 0. The summed E-state index contributed by atoms with van der Waals surface area (Å²) in [5.74, 6) is 2.47. The number of methoxy groups -OCH3 is 1. The van der Waals surface area contributed by atoms with Gasteiger partial charge in [0.2, 0.25) is 0 Å². The van der Waals surface area contributed by atoms with Crippen molar-refractivity contribution in [1.29, 1.82) is 0 Å². The number of aliphatic imine (C=N–C) groups is 1.